The van der Waals surface area contributed by atoms with Crippen LogP contribution in [0.25, 0.3) is 16.9 Å². The van der Waals surface area contributed by atoms with Crippen molar-refractivity contribution in [2.45, 2.75) is 32.7 Å². The molecule has 3 aromatic carbocycles. The van der Waals surface area contributed by atoms with E-state index < -0.39 is 0 Å². The lowest BCUT2D eigenvalue weighted by atomic mass is 10.0. The minimum Gasteiger partial charge on any atom is -0.497 e. The summed E-state index contributed by atoms with van der Waals surface area (Å²) in [5.41, 5.74) is 5.88. The van der Waals surface area contributed by atoms with Crippen molar-refractivity contribution in [2.75, 3.05) is 14.2 Å². The van der Waals surface area contributed by atoms with Crippen LogP contribution in [0.4, 0.5) is 0 Å². The van der Waals surface area contributed by atoms with Crippen molar-refractivity contribution < 1.29 is 14.3 Å². The van der Waals surface area contributed by atoms with E-state index in [2.05, 4.69) is 36.5 Å². The second-order valence-corrected chi connectivity index (χ2v) is 8.30. The molecule has 0 unspecified atom stereocenters. The molecule has 4 rings (SSSR count). The zero-order chi connectivity index (χ0) is 24.6. The van der Waals surface area contributed by atoms with Gasteiger partial charge in [0, 0.05) is 24.7 Å². The average Bonchev–Trinajstić information content (AvgIpc) is 3.35. The molecule has 1 aromatic heterocycles. The third kappa shape index (κ3) is 5.90. The number of carbonyl (C=O) groups excluding carboxylic acids is 1. The molecule has 0 saturated carbocycles. The molecule has 0 aliphatic rings. The van der Waals surface area contributed by atoms with Crippen LogP contribution < -0.4 is 14.8 Å². The van der Waals surface area contributed by atoms with E-state index in [1.54, 1.807) is 14.2 Å². The van der Waals surface area contributed by atoms with Gasteiger partial charge >= 0.3 is 0 Å². The Kier molecular flexibility index (Phi) is 7.83. The Hall–Kier alpha value is -4.06. The van der Waals surface area contributed by atoms with Crippen molar-refractivity contribution in [3.63, 3.8) is 0 Å². The van der Waals surface area contributed by atoms with Gasteiger partial charge in [-0.25, -0.2) is 4.68 Å². The fourth-order valence-corrected chi connectivity index (χ4v) is 3.96. The van der Waals surface area contributed by atoms with E-state index >= 15 is 0 Å². The Labute approximate surface area is 206 Å². The summed E-state index contributed by atoms with van der Waals surface area (Å²) in [6, 6.07) is 23.9. The van der Waals surface area contributed by atoms with E-state index in [-0.39, 0.29) is 5.91 Å². The van der Waals surface area contributed by atoms with Gasteiger partial charge in [-0.3, -0.25) is 4.79 Å². The highest BCUT2D eigenvalue weighted by Crippen LogP contribution is 2.35. The summed E-state index contributed by atoms with van der Waals surface area (Å²) >= 11 is 0. The summed E-state index contributed by atoms with van der Waals surface area (Å²) < 4.78 is 12.9. The zero-order valence-corrected chi connectivity index (χ0v) is 20.5. The van der Waals surface area contributed by atoms with Crippen LogP contribution in [0.15, 0.2) is 79.0 Å². The lowest BCUT2D eigenvalue weighted by molar-refractivity contribution is -0.121. The largest absolute Gasteiger partial charge is 0.497 e. The normalized spacial score (nSPS) is 10.7. The number of ether oxygens (including phenoxy) is 2. The molecule has 1 amide bonds. The van der Waals surface area contributed by atoms with E-state index in [1.165, 1.54) is 5.56 Å². The molecule has 1 N–H and O–H groups in total. The summed E-state index contributed by atoms with van der Waals surface area (Å²) in [7, 11) is 3.27. The maximum atomic E-state index is 12.7. The van der Waals surface area contributed by atoms with Crippen molar-refractivity contribution >= 4 is 5.91 Å². The van der Waals surface area contributed by atoms with Crippen LogP contribution in [0.1, 0.15) is 30.0 Å². The quantitative estimate of drug-likeness (QED) is 0.339. The van der Waals surface area contributed by atoms with Crippen LogP contribution in [0.5, 0.6) is 11.5 Å². The number of amides is 1. The minimum absolute atomic E-state index is 0.000543. The average molecular weight is 470 g/mol. The molecule has 1 heterocycles. The Morgan fingerprint density at radius 2 is 1.69 bits per heavy atom. The maximum absolute atomic E-state index is 12.7. The molecule has 0 radical (unpaired) electrons. The van der Waals surface area contributed by atoms with Crippen LogP contribution >= 0.6 is 0 Å². The highest BCUT2D eigenvalue weighted by molar-refractivity contribution is 5.77. The van der Waals surface area contributed by atoms with E-state index in [9.17, 15) is 4.79 Å². The first kappa shape index (κ1) is 24.1. The number of rotatable bonds is 10. The van der Waals surface area contributed by atoms with Gasteiger partial charge in [0.2, 0.25) is 5.91 Å². The van der Waals surface area contributed by atoms with E-state index in [0.717, 1.165) is 34.5 Å². The van der Waals surface area contributed by atoms with Gasteiger partial charge in [0.25, 0.3) is 0 Å². The lowest BCUT2D eigenvalue weighted by Gasteiger charge is -2.10. The van der Waals surface area contributed by atoms with Crippen molar-refractivity contribution in [3.05, 3.63) is 95.7 Å². The number of hydrogen-bond donors (Lipinski definition) is 1. The molecule has 0 saturated heterocycles. The van der Waals surface area contributed by atoms with Crippen molar-refractivity contribution in [2.24, 2.45) is 0 Å². The summed E-state index contributed by atoms with van der Waals surface area (Å²) in [6.45, 7) is 2.65. The molecule has 6 nitrogen and oxygen atoms in total. The first-order valence-corrected chi connectivity index (χ1v) is 11.8. The van der Waals surface area contributed by atoms with E-state index in [1.807, 2.05) is 59.4 Å². The third-order valence-corrected chi connectivity index (χ3v) is 6.01. The van der Waals surface area contributed by atoms with Gasteiger partial charge in [-0.05, 0) is 59.9 Å². The van der Waals surface area contributed by atoms with Crippen LogP contribution in [0.3, 0.4) is 0 Å². The van der Waals surface area contributed by atoms with Crippen molar-refractivity contribution in [3.8, 4) is 28.4 Å². The molecule has 35 heavy (non-hydrogen) atoms. The number of benzene rings is 3. The number of nitrogens with one attached hydrogen (secondary N) is 1. The second-order valence-electron chi connectivity index (χ2n) is 8.30. The summed E-state index contributed by atoms with van der Waals surface area (Å²) in [4.78, 5) is 12.7. The Morgan fingerprint density at radius 3 is 2.37 bits per heavy atom. The molecule has 0 fully saturated rings. The number of nitrogens with zero attached hydrogens (tertiary/aromatic N) is 2. The number of aromatic nitrogens is 2. The van der Waals surface area contributed by atoms with E-state index in [0.29, 0.717) is 30.9 Å². The molecular weight excluding hydrogens is 438 g/mol. The number of para-hydroxylation sites is 1. The number of carbonyl (C=O) groups is 1. The smallest absolute Gasteiger partial charge is 0.220 e. The summed E-state index contributed by atoms with van der Waals surface area (Å²) in [5.74, 6) is 1.42. The molecule has 0 aliphatic heterocycles. The van der Waals surface area contributed by atoms with Crippen LogP contribution in [0.2, 0.25) is 0 Å². The van der Waals surface area contributed by atoms with Crippen LogP contribution in [0, 0.1) is 0 Å². The fraction of sp³-hybridized carbons (Fsp3) is 0.241. The SMILES string of the molecule is CCc1ccc(CNC(=O)CCc2cn(-c3ccccc3)nc2-c2cc(OC)ccc2OC)cc1. The minimum atomic E-state index is 0.000543. The van der Waals surface area contributed by atoms with Crippen molar-refractivity contribution in [1.82, 2.24) is 15.1 Å². The Balaban J connectivity index is 1.55. The van der Waals surface area contributed by atoms with Gasteiger partial charge in [-0.15, -0.1) is 0 Å². The predicted molar refractivity (Wildman–Crippen MR) is 138 cm³/mol. The topological polar surface area (TPSA) is 65.4 Å². The Bertz CT molecular complexity index is 1260. The van der Waals surface area contributed by atoms with Crippen LogP contribution in [-0.2, 0) is 24.2 Å². The maximum Gasteiger partial charge on any atom is 0.220 e. The van der Waals surface area contributed by atoms with Gasteiger partial charge in [-0.1, -0.05) is 49.4 Å². The number of methoxy groups -OCH3 is 2. The first-order valence-electron chi connectivity index (χ1n) is 11.8. The first-order chi connectivity index (χ1) is 17.1. The molecule has 4 aromatic rings. The highest BCUT2D eigenvalue weighted by atomic mass is 16.5. The van der Waals surface area contributed by atoms with Gasteiger partial charge in [0.15, 0.2) is 0 Å². The molecule has 180 valence electrons. The summed E-state index contributed by atoms with van der Waals surface area (Å²) in [5, 5.41) is 7.91. The molecule has 6 heteroatoms. The monoisotopic (exact) mass is 469 g/mol. The van der Waals surface area contributed by atoms with Gasteiger partial charge in [0.05, 0.1) is 25.6 Å². The molecular formula is C29H31N3O3. The molecule has 0 atom stereocenters. The summed E-state index contributed by atoms with van der Waals surface area (Å²) in [6.07, 6.45) is 3.89. The molecule has 0 bridgehead atoms. The van der Waals surface area contributed by atoms with Crippen LogP contribution in [-0.4, -0.2) is 29.9 Å². The fourth-order valence-electron chi connectivity index (χ4n) is 3.96. The number of hydrogen-bond acceptors (Lipinski definition) is 4. The predicted octanol–water partition coefficient (Wildman–Crippen LogP) is 5.37. The van der Waals surface area contributed by atoms with Gasteiger partial charge in [-0.2, -0.15) is 5.10 Å². The third-order valence-electron chi connectivity index (χ3n) is 6.01. The molecule has 0 spiro atoms. The van der Waals surface area contributed by atoms with Gasteiger partial charge in [0.1, 0.15) is 11.5 Å². The van der Waals surface area contributed by atoms with E-state index in [4.69, 9.17) is 14.6 Å². The number of aryl methyl sites for hydroxylation is 2. The lowest BCUT2D eigenvalue weighted by Crippen LogP contribution is -2.23. The standard InChI is InChI=1S/C29H31N3O3/c1-4-21-10-12-22(13-11-21)19-30-28(33)17-14-23-20-32(24-8-6-5-7-9-24)31-29(23)26-18-25(34-2)15-16-27(26)35-3/h5-13,15-16,18,20H,4,14,17,19H2,1-3H3,(H,30,33). The molecule has 0 aliphatic carbocycles. The van der Waals surface area contributed by atoms with Gasteiger partial charge < -0.3 is 14.8 Å². The van der Waals surface area contributed by atoms with Crippen molar-refractivity contribution in [1.29, 1.82) is 0 Å². The Morgan fingerprint density at radius 1 is 0.943 bits per heavy atom. The second kappa shape index (κ2) is 11.4. The zero-order valence-electron chi connectivity index (χ0n) is 20.5. The highest BCUT2D eigenvalue weighted by Gasteiger charge is 2.18.